The average molecular weight is 205 g/mol. The van der Waals surface area contributed by atoms with Crippen LogP contribution in [0.2, 0.25) is 0 Å². The van der Waals surface area contributed by atoms with Crippen LogP contribution in [0.25, 0.3) is 0 Å². The van der Waals surface area contributed by atoms with Gasteiger partial charge in [-0.15, -0.1) is 0 Å². The zero-order chi connectivity index (χ0) is 10.1. The van der Waals surface area contributed by atoms with E-state index in [1.807, 2.05) is 0 Å². The zero-order valence-electron chi connectivity index (χ0n) is 9.30. The molecule has 0 amide bonds. The van der Waals surface area contributed by atoms with E-state index < -0.39 is 9.28 Å². The van der Waals surface area contributed by atoms with Crippen LogP contribution in [0, 0.1) is 0 Å². The van der Waals surface area contributed by atoms with Gasteiger partial charge in [-0.3, -0.25) is 0 Å². The largest absolute Gasteiger partial charge is 0.399 e. The first-order valence-electron chi connectivity index (χ1n) is 5.09. The zero-order valence-corrected chi connectivity index (χ0v) is 10.5. The molecule has 0 saturated heterocycles. The summed E-state index contributed by atoms with van der Waals surface area (Å²) in [7, 11) is 2.03. The monoisotopic (exact) mass is 205 g/mol. The van der Waals surface area contributed by atoms with Gasteiger partial charge in [0.15, 0.2) is 0 Å². The molecule has 0 heterocycles. The van der Waals surface area contributed by atoms with Crippen LogP contribution in [0.3, 0.4) is 0 Å². The topological polar surface area (TPSA) is 30.5 Å². The van der Waals surface area contributed by atoms with E-state index in [1.54, 1.807) is 14.2 Å². The summed E-state index contributed by atoms with van der Waals surface area (Å²) < 4.78 is 10.7. The Hall–Kier alpha value is 0.0969. The Morgan fingerprint density at radius 3 is 2.15 bits per heavy atom. The highest BCUT2D eigenvalue weighted by atomic mass is 28.3. The lowest BCUT2D eigenvalue weighted by molar-refractivity contribution is 0.255. The van der Waals surface area contributed by atoms with E-state index in [0.29, 0.717) is 5.67 Å². The highest BCUT2D eigenvalue weighted by molar-refractivity contribution is 6.46. The normalized spacial score (nSPS) is 13.6. The van der Waals surface area contributed by atoms with Crippen LogP contribution in [-0.4, -0.2) is 35.7 Å². The highest BCUT2D eigenvalue weighted by Crippen LogP contribution is 2.03. The highest BCUT2D eigenvalue weighted by Gasteiger charge is 2.22. The molecular formula is C9H23NO2Si. The standard InChI is InChI=1S/C9H23NO2Si/c1-5-7-9(10-8-6-2)13(11-3)12-4/h9-10,13H,5-8H2,1-4H3. The van der Waals surface area contributed by atoms with Crippen molar-refractivity contribution < 1.29 is 8.85 Å². The molecular weight excluding hydrogens is 182 g/mol. The molecule has 0 saturated carbocycles. The minimum atomic E-state index is -1.47. The summed E-state index contributed by atoms with van der Waals surface area (Å²) in [6.07, 6.45) is 3.49. The maximum Gasteiger partial charge on any atom is 0.338 e. The number of hydrogen-bond acceptors (Lipinski definition) is 3. The second-order valence-corrected chi connectivity index (χ2v) is 5.67. The van der Waals surface area contributed by atoms with E-state index >= 15 is 0 Å². The van der Waals surface area contributed by atoms with Gasteiger partial charge >= 0.3 is 9.28 Å². The lowest BCUT2D eigenvalue weighted by atomic mass is 10.3. The maximum absolute atomic E-state index is 5.37. The van der Waals surface area contributed by atoms with E-state index in [0.717, 1.165) is 19.4 Å². The van der Waals surface area contributed by atoms with Crippen molar-refractivity contribution in [1.29, 1.82) is 0 Å². The smallest absolute Gasteiger partial charge is 0.338 e. The summed E-state index contributed by atoms with van der Waals surface area (Å²) in [5.74, 6) is 0. The fraction of sp³-hybridized carbons (Fsp3) is 1.00. The van der Waals surface area contributed by atoms with Crippen molar-refractivity contribution >= 4 is 9.28 Å². The van der Waals surface area contributed by atoms with E-state index in [4.69, 9.17) is 8.85 Å². The summed E-state index contributed by atoms with van der Waals surface area (Å²) in [5.41, 5.74) is 0.458. The molecule has 13 heavy (non-hydrogen) atoms. The Labute approximate surface area is 83.7 Å². The lowest BCUT2D eigenvalue weighted by Crippen LogP contribution is -2.46. The first-order chi connectivity index (χ1) is 6.29. The van der Waals surface area contributed by atoms with Gasteiger partial charge in [-0.25, -0.2) is 0 Å². The molecule has 80 valence electrons. The first-order valence-corrected chi connectivity index (χ1v) is 6.70. The van der Waals surface area contributed by atoms with Crippen LogP contribution < -0.4 is 5.32 Å². The summed E-state index contributed by atoms with van der Waals surface area (Å²) in [6, 6.07) is 0. The molecule has 1 atom stereocenters. The van der Waals surface area contributed by atoms with Crippen molar-refractivity contribution in [3.8, 4) is 0 Å². The Morgan fingerprint density at radius 1 is 1.15 bits per heavy atom. The van der Waals surface area contributed by atoms with Gasteiger partial charge in [0.25, 0.3) is 0 Å². The minimum absolute atomic E-state index is 0.458. The van der Waals surface area contributed by atoms with Crippen LogP contribution in [0.1, 0.15) is 33.1 Å². The van der Waals surface area contributed by atoms with E-state index in [1.165, 1.54) is 6.42 Å². The van der Waals surface area contributed by atoms with Crippen molar-refractivity contribution in [3.63, 3.8) is 0 Å². The quantitative estimate of drug-likeness (QED) is 0.604. The van der Waals surface area contributed by atoms with Gasteiger partial charge in [-0.1, -0.05) is 20.3 Å². The Balaban J connectivity index is 3.88. The molecule has 0 radical (unpaired) electrons. The molecule has 0 aromatic rings. The Bertz CT molecular complexity index is 110. The predicted octanol–water partition coefficient (Wildman–Crippen LogP) is 1.21. The van der Waals surface area contributed by atoms with Gasteiger partial charge in [0.05, 0.1) is 0 Å². The maximum atomic E-state index is 5.37. The SMILES string of the molecule is CCCNC(CCC)[SiH](OC)OC. The third kappa shape index (κ3) is 5.41. The van der Waals surface area contributed by atoms with Crippen molar-refractivity contribution in [2.75, 3.05) is 20.8 Å². The van der Waals surface area contributed by atoms with Crippen molar-refractivity contribution in [1.82, 2.24) is 5.32 Å². The summed E-state index contributed by atoms with van der Waals surface area (Å²) >= 11 is 0. The second kappa shape index (κ2) is 8.68. The van der Waals surface area contributed by atoms with E-state index in [-0.39, 0.29) is 0 Å². The fourth-order valence-corrected chi connectivity index (χ4v) is 3.21. The van der Waals surface area contributed by atoms with Crippen LogP contribution in [-0.2, 0) is 8.85 Å². The van der Waals surface area contributed by atoms with Gasteiger partial charge in [0.2, 0.25) is 0 Å². The molecule has 0 fully saturated rings. The van der Waals surface area contributed by atoms with Crippen molar-refractivity contribution in [3.05, 3.63) is 0 Å². The lowest BCUT2D eigenvalue weighted by Gasteiger charge is -2.23. The summed E-state index contributed by atoms with van der Waals surface area (Å²) in [4.78, 5) is 0. The summed E-state index contributed by atoms with van der Waals surface area (Å²) in [6.45, 7) is 5.42. The molecule has 0 aliphatic heterocycles. The van der Waals surface area contributed by atoms with Crippen LogP contribution in [0.15, 0.2) is 0 Å². The Kier molecular flexibility index (Phi) is 8.75. The molecule has 0 rings (SSSR count). The molecule has 0 aliphatic rings. The van der Waals surface area contributed by atoms with Crippen LogP contribution >= 0.6 is 0 Å². The average Bonchev–Trinajstić information content (AvgIpc) is 2.16. The van der Waals surface area contributed by atoms with Crippen molar-refractivity contribution in [2.45, 2.75) is 38.8 Å². The van der Waals surface area contributed by atoms with Gasteiger partial charge in [-0.2, -0.15) is 0 Å². The third-order valence-electron chi connectivity index (χ3n) is 2.05. The number of nitrogens with one attached hydrogen (secondary N) is 1. The first kappa shape index (κ1) is 13.1. The minimum Gasteiger partial charge on any atom is -0.399 e. The van der Waals surface area contributed by atoms with Crippen LogP contribution in [0.4, 0.5) is 0 Å². The fourth-order valence-electron chi connectivity index (χ4n) is 1.40. The van der Waals surface area contributed by atoms with Gasteiger partial charge < -0.3 is 14.2 Å². The second-order valence-electron chi connectivity index (χ2n) is 3.19. The molecule has 4 heteroatoms. The molecule has 1 unspecified atom stereocenters. The molecule has 0 aliphatic carbocycles. The number of rotatable bonds is 8. The van der Waals surface area contributed by atoms with Crippen LogP contribution in [0.5, 0.6) is 0 Å². The van der Waals surface area contributed by atoms with Crippen molar-refractivity contribution in [2.24, 2.45) is 0 Å². The molecule has 3 nitrogen and oxygen atoms in total. The molecule has 0 aromatic heterocycles. The third-order valence-corrected chi connectivity index (χ3v) is 4.20. The Morgan fingerprint density at radius 2 is 1.77 bits per heavy atom. The molecule has 0 bridgehead atoms. The van der Waals surface area contributed by atoms with Gasteiger partial charge in [0.1, 0.15) is 0 Å². The number of hydrogen-bond donors (Lipinski definition) is 1. The molecule has 1 N–H and O–H groups in total. The van der Waals surface area contributed by atoms with Gasteiger partial charge in [-0.05, 0) is 19.4 Å². The van der Waals surface area contributed by atoms with E-state index in [2.05, 4.69) is 19.2 Å². The molecule has 0 aromatic carbocycles. The van der Waals surface area contributed by atoms with E-state index in [9.17, 15) is 0 Å². The van der Waals surface area contributed by atoms with Gasteiger partial charge in [0, 0.05) is 19.9 Å². The summed E-state index contributed by atoms with van der Waals surface area (Å²) in [5, 5.41) is 3.48. The molecule has 0 spiro atoms. The predicted molar refractivity (Wildman–Crippen MR) is 58.2 cm³/mol.